The zero-order chi connectivity index (χ0) is 56.5. The third kappa shape index (κ3) is 13.4. The van der Waals surface area contributed by atoms with E-state index in [1.165, 1.54) is 22.7 Å². The van der Waals surface area contributed by atoms with Crippen LogP contribution in [0.5, 0.6) is 0 Å². The van der Waals surface area contributed by atoms with Crippen molar-refractivity contribution in [1.82, 2.24) is 51.7 Å². The van der Waals surface area contributed by atoms with E-state index in [4.69, 9.17) is 9.97 Å². The number of nitrogens with zero attached hydrogens (tertiary/aromatic N) is 4. The number of rotatable bonds is 20. The zero-order valence-electron chi connectivity index (χ0n) is 45.8. The Bertz CT molecular complexity index is 2810. The van der Waals surface area contributed by atoms with Crippen molar-refractivity contribution in [3.63, 3.8) is 0 Å². The molecule has 2 aliphatic heterocycles. The number of hydrogen-bond acceptors (Lipinski definition) is 14. The third-order valence-electron chi connectivity index (χ3n) is 16.4. The van der Waals surface area contributed by atoms with Gasteiger partial charge < -0.3 is 41.7 Å². The minimum atomic E-state index is -0.799. The summed E-state index contributed by atoms with van der Waals surface area (Å²) in [6, 6.07) is 19.1. The van der Waals surface area contributed by atoms with E-state index in [1.807, 2.05) is 12.1 Å². The lowest BCUT2D eigenvalue weighted by Gasteiger charge is -2.35. The van der Waals surface area contributed by atoms with Gasteiger partial charge in [-0.15, -0.1) is 22.7 Å². The van der Waals surface area contributed by atoms with E-state index in [-0.39, 0.29) is 82.6 Å². The lowest BCUT2D eigenvalue weighted by molar-refractivity contribution is -0.139. The van der Waals surface area contributed by atoms with Crippen molar-refractivity contribution in [2.24, 2.45) is 11.8 Å². The van der Waals surface area contributed by atoms with Crippen molar-refractivity contribution in [2.75, 3.05) is 27.2 Å². The average molecular weight is 1130 g/mol. The molecule has 4 aliphatic rings. The predicted molar refractivity (Wildman–Crippen MR) is 305 cm³/mol. The molecule has 2 saturated carbocycles. The maximum atomic E-state index is 14.9. The number of carbonyl (C=O) groups is 8. The molecular weight excluding hydrogens is 1050 g/mol. The molecule has 5 aromatic rings. The van der Waals surface area contributed by atoms with Crippen LogP contribution < -0.4 is 31.9 Å². The minimum absolute atomic E-state index is 0.0780. The summed E-state index contributed by atoms with van der Waals surface area (Å²) in [5.41, 5.74) is 2.06. The zero-order valence-corrected chi connectivity index (χ0v) is 47.4. The van der Waals surface area contributed by atoms with Crippen LogP contribution in [0.3, 0.4) is 0 Å². The Labute approximate surface area is 475 Å². The molecule has 20 heteroatoms. The Balaban J connectivity index is 0.912. The Hall–Kier alpha value is -7.00. The number of likely N-dealkylation sites (tertiary alicyclic amines) is 2. The number of aromatic nitrogens is 2. The van der Waals surface area contributed by atoms with Crippen LogP contribution in [0.25, 0.3) is 0 Å². The standard InChI is InChI=1S/C60H72N10O8S2/c1-35(61-3)53(73)67-49(37-17-9-5-10-18-37)59(77)69-31-43(29-47(69)57-65-45(33-79-57)51(71)39-21-13-7-14-22-39)63-55(75)41-25-27-42(28-26-41)56(76)64-44-30-48(58-66-46(34-80-58)52(72)40-23-15-8-16-24-40)70(32-44)60(78)50(38-19-11-6-12-20-38)68-54(74)36(2)62-4/h7-8,13-16,21-28,33-38,43-44,47-50,61-62H,5-6,9-12,17-20,29-32H2,1-4H3,(H,63,75)(H,64,76)(H,67,73)(H,68,74)/t35-,36-,43-,44-,47-,48-,49-,50-/m0/s1. The molecule has 6 amide bonds. The fourth-order valence-electron chi connectivity index (χ4n) is 11.6. The number of likely N-dealkylation sites (N-methyl/N-ethyl adjacent to an activating group) is 2. The molecule has 9 rings (SSSR count). The maximum absolute atomic E-state index is 14.9. The molecule has 2 saturated heterocycles. The maximum Gasteiger partial charge on any atom is 0.251 e. The van der Waals surface area contributed by atoms with Gasteiger partial charge in [-0.2, -0.15) is 0 Å². The molecule has 0 spiro atoms. The fourth-order valence-corrected chi connectivity index (χ4v) is 13.4. The number of ketones is 2. The van der Waals surface area contributed by atoms with Gasteiger partial charge in [-0.1, -0.05) is 99.2 Å². The summed E-state index contributed by atoms with van der Waals surface area (Å²) in [6.45, 7) is 3.75. The number of nitrogens with one attached hydrogen (secondary N) is 6. The molecule has 8 atom stereocenters. The Morgan fingerprint density at radius 3 is 1.21 bits per heavy atom. The number of amides is 6. The van der Waals surface area contributed by atoms with Gasteiger partial charge >= 0.3 is 0 Å². The largest absolute Gasteiger partial charge is 0.347 e. The van der Waals surface area contributed by atoms with Crippen LogP contribution in [-0.4, -0.2) is 130 Å². The molecule has 0 bridgehead atoms. The summed E-state index contributed by atoms with van der Waals surface area (Å²) in [6.07, 6.45) is 9.64. The lowest BCUT2D eigenvalue weighted by atomic mass is 9.83. The Kier molecular flexibility index (Phi) is 19.1. The van der Waals surface area contributed by atoms with Crippen molar-refractivity contribution in [1.29, 1.82) is 0 Å². The second-order valence-corrected chi connectivity index (χ2v) is 23.5. The highest BCUT2D eigenvalue weighted by Gasteiger charge is 2.46. The van der Waals surface area contributed by atoms with Gasteiger partial charge in [0.15, 0.2) is 0 Å². The summed E-state index contributed by atoms with van der Waals surface area (Å²) in [5.74, 6) is -2.57. The monoisotopic (exact) mass is 1120 g/mol. The van der Waals surface area contributed by atoms with Crippen molar-refractivity contribution in [2.45, 2.75) is 139 Å². The summed E-state index contributed by atoms with van der Waals surface area (Å²) in [7, 11) is 3.38. The van der Waals surface area contributed by atoms with Crippen LogP contribution in [0.15, 0.2) is 95.7 Å². The van der Waals surface area contributed by atoms with E-state index < -0.39 is 60.1 Å². The first-order valence-electron chi connectivity index (χ1n) is 28.1. The van der Waals surface area contributed by atoms with Gasteiger partial charge in [0, 0.05) is 58.2 Å². The van der Waals surface area contributed by atoms with E-state index in [1.54, 1.807) is 121 Å². The summed E-state index contributed by atoms with van der Waals surface area (Å²) < 4.78 is 0. The molecule has 80 heavy (non-hydrogen) atoms. The molecule has 2 aliphatic carbocycles. The van der Waals surface area contributed by atoms with Crippen LogP contribution >= 0.6 is 22.7 Å². The van der Waals surface area contributed by atoms with Crippen molar-refractivity contribution in [3.05, 3.63) is 139 Å². The number of thiazole rings is 2. The molecule has 0 radical (unpaired) electrons. The quantitative estimate of drug-likeness (QED) is 0.0455. The number of benzene rings is 3. The van der Waals surface area contributed by atoms with E-state index >= 15 is 0 Å². The first-order chi connectivity index (χ1) is 38.7. The molecule has 3 aromatic carbocycles. The van der Waals surface area contributed by atoms with Crippen LogP contribution in [-0.2, 0) is 19.2 Å². The van der Waals surface area contributed by atoms with Crippen LogP contribution in [0.4, 0.5) is 0 Å². The van der Waals surface area contributed by atoms with Crippen molar-refractivity contribution < 1.29 is 38.4 Å². The van der Waals surface area contributed by atoms with Crippen LogP contribution in [0, 0.1) is 11.8 Å². The molecule has 4 fully saturated rings. The van der Waals surface area contributed by atoms with Gasteiger partial charge in [0.25, 0.3) is 11.8 Å². The number of hydrogen-bond donors (Lipinski definition) is 6. The van der Waals surface area contributed by atoms with Crippen molar-refractivity contribution in [3.8, 4) is 0 Å². The Morgan fingerprint density at radius 2 is 0.863 bits per heavy atom. The highest BCUT2D eigenvalue weighted by Crippen LogP contribution is 2.39. The lowest BCUT2D eigenvalue weighted by Crippen LogP contribution is -2.56. The molecule has 4 heterocycles. The molecule has 2 aromatic heterocycles. The van der Waals surface area contributed by atoms with Gasteiger partial charge in [-0.25, -0.2) is 9.97 Å². The third-order valence-corrected chi connectivity index (χ3v) is 18.3. The van der Waals surface area contributed by atoms with E-state index in [2.05, 4.69) is 31.9 Å². The van der Waals surface area contributed by atoms with Crippen molar-refractivity contribution >= 4 is 69.7 Å². The summed E-state index contributed by atoms with van der Waals surface area (Å²) in [4.78, 5) is 125. The van der Waals surface area contributed by atoms with Gasteiger partial charge in [0.1, 0.15) is 33.5 Å². The van der Waals surface area contributed by atoms with Gasteiger partial charge in [-0.3, -0.25) is 38.4 Å². The predicted octanol–water partition coefficient (Wildman–Crippen LogP) is 6.55. The smallest absolute Gasteiger partial charge is 0.251 e. The summed E-state index contributed by atoms with van der Waals surface area (Å²) in [5, 5.41) is 22.8. The first kappa shape index (κ1) is 57.7. The van der Waals surface area contributed by atoms with Gasteiger partial charge in [0.2, 0.25) is 35.2 Å². The van der Waals surface area contributed by atoms with E-state index in [9.17, 15) is 38.4 Å². The average Bonchev–Trinajstić information content (AvgIpc) is 4.41. The van der Waals surface area contributed by atoms with E-state index in [0.717, 1.165) is 64.2 Å². The second kappa shape index (κ2) is 26.5. The molecule has 0 unspecified atom stereocenters. The molecule has 6 N–H and O–H groups in total. The van der Waals surface area contributed by atoms with E-state index in [0.29, 0.717) is 34.0 Å². The van der Waals surface area contributed by atoms with Crippen LogP contribution in [0.2, 0.25) is 0 Å². The van der Waals surface area contributed by atoms with Gasteiger partial charge in [-0.05, 0) is 103 Å². The topological polar surface area (TPSA) is 241 Å². The van der Waals surface area contributed by atoms with Gasteiger partial charge in [0.05, 0.1) is 24.2 Å². The summed E-state index contributed by atoms with van der Waals surface area (Å²) >= 11 is 2.56. The highest BCUT2D eigenvalue weighted by molar-refractivity contribution is 7.10. The fraction of sp³-hybridized carbons (Fsp3) is 0.467. The SMILES string of the molecule is CN[C@@H](C)C(=O)N[C@H](C(=O)N1C[C@@H](NC(=O)c2ccc(C(=O)N[C@H]3C[C@@H](c4nc(C(=O)c5ccccc5)cs4)N(C(=O)[C@@H](NC(=O)[C@H](C)NC)C4CCCCC4)C3)cc2)C[C@H]1c1nc(C(=O)c2ccccc2)cs1)C1CCCCC1. The first-order valence-corrected chi connectivity index (χ1v) is 29.9. The highest BCUT2D eigenvalue weighted by atomic mass is 32.1. The minimum Gasteiger partial charge on any atom is -0.347 e. The number of carbonyl (C=O) groups excluding carboxylic acids is 8. The molecular formula is C60H72N10O8S2. The molecule has 422 valence electrons. The second-order valence-electron chi connectivity index (χ2n) is 21.7. The van der Waals surface area contributed by atoms with Crippen LogP contribution in [0.1, 0.15) is 166 Å². The Morgan fingerprint density at radius 1 is 0.500 bits per heavy atom. The molecule has 18 nitrogen and oxygen atoms in total. The normalized spacial score (nSPS) is 21.2.